The maximum absolute atomic E-state index is 12.3. The Morgan fingerprint density at radius 3 is 2.39 bits per heavy atom. The van der Waals surface area contributed by atoms with E-state index in [9.17, 15) is 15.0 Å². The van der Waals surface area contributed by atoms with Crippen LogP contribution in [0.1, 0.15) is 18.1 Å². The van der Waals surface area contributed by atoms with Crippen LogP contribution in [0.5, 0.6) is 0 Å². The number of allylic oxidation sites excluding steroid dienone is 1. The van der Waals surface area contributed by atoms with Crippen LogP contribution in [0.2, 0.25) is 0 Å². The molecule has 1 saturated heterocycles. The Kier molecular flexibility index (Phi) is 7.33. The van der Waals surface area contributed by atoms with E-state index in [-0.39, 0.29) is 30.1 Å². The standard InChI is InChI=1S/C21H29N3O4/c25-13-12-24-10-8-23(9-11-24)7-6-22-15-18-19(26)14-17(21(18)28)20(27)16-4-2-1-3-5-16/h1-5,15,17,20,25,27-28H,6-14H2. The number of benzene rings is 1. The lowest BCUT2D eigenvalue weighted by molar-refractivity contribution is -0.115. The molecule has 28 heavy (non-hydrogen) atoms. The van der Waals surface area contributed by atoms with Crippen LogP contribution in [0.25, 0.3) is 0 Å². The second-order valence-electron chi connectivity index (χ2n) is 7.33. The van der Waals surface area contributed by atoms with Crippen LogP contribution >= 0.6 is 0 Å². The average molecular weight is 387 g/mol. The van der Waals surface area contributed by atoms with Gasteiger partial charge in [-0.05, 0) is 5.56 Å². The minimum absolute atomic E-state index is 0.0669. The molecule has 1 heterocycles. The Labute approximate surface area is 165 Å². The molecule has 0 radical (unpaired) electrons. The first-order valence-corrected chi connectivity index (χ1v) is 9.85. The summed E-state index contributed by atoms with van der Waals surface area (Å²) in [6.45, 7) is 6.01. The van der Waals surface area contributed by atoms with Gasteiger partial charge in [-0.15, -0.1) is 0 Å². The molecule has 2 unspecified atom stereocenters. The maximum Gasteiger partial charge on any atom is 0.168 e. The van der Waals surface area contributed by atoms with Crippen molar-refractivity contribution >= 4 is 12.0 Å². The van der Waals surface area contributed by atoms with E-state index in [1.807, 2.05) is 18.2 Å². The molecule has 0 aromatic heterocycles. The largest absolute Gasteiger partial charge is 0.511 e. The summed E-state index contributed by atoms with van der Waals surface area (Å²) >= 11 is 0. The summed E-state index contributed by atoms with van der Waals surface area (Å²) < 4.78 is 0. The summed E-state index contributed by atoms with van der Waals surface area (Å²) in [6, 6.07) is 9.07. The highest BCUT2D eigenvalue weighted by Gasteiger charge is 2.36. The third kappa shape index (κ3) is 5.05. The number of hydrogen-bond acceptors (Lipinski definition) is 7. The van der Waals surface area contributed by atoms with Crippen molar-refractivity contribution < 1.29 is 20.1 Å². The Morgan fingerprint density at radius 2 is 1.75 bits per heavy atom. The molecular weight excluding hydrogens is 358 g/mol. The average Bonchev–Trinajstić information content (AvgIpc) is 3.00. The van der Waals surface area contributed by atoms with Crippen molar-refractivity contribution in [1.29, 1.82) is 0 Å². The van der Waals surface area contributed by atoms with Crippen molar-refractivity contribution in [2.75, 3.05) is 52.4 Å². The smallest absolute Gasteiger partial charge is 0.168 e. The summed E-state index contributed by atoms with van der Waals surface area (Å²) in [4.78, 5) is 21.1. The fourth-order valence-electron chi connectivity index (χ4n) is 3.76. The van der Waals surface area contributed by atoms with Gasteiger partial charge < -0.3 is 15.3 Å². The van der Waals surface area contributed by atoms with Gasteiger partial charge in [0.1, 0.15) is 5.76 Å². The zero-order valence-electron chi connectivity index (χ0n) is 16.1. The van der Waals surface area contributed by atoms with Crippen LogP contribution in [0.4, 0.5) is 0 Å². The molecule has 1 aliphatic carbocycles. The highest BCUT2D eigenvalue weighted by molar-refractivity contribution is 6.15. The van der Waals surface area contributed by atoms with Gasteiger partial charge in [-0.1, -0.05) is 30.3 Å². The first-order chi connectivity index (χ1) is 13.6. The second kappa shape index (κ2) is 9.93. The van der Waals surface area contributed by atoms with E-state index in [0.717, 1.165) is 39.3 Å². The Morgan fingerprint density at radius 1 is 1.11 bits per heavy atom. The summed E-state index contributed by atoms with van der Waals surface area (Å²) in [5, 5.41) is 29.9. The molecule has 3 rings (SSSR count). The number of carbonyl (C=O) groups is 1. The van der Waals surface area contributed by atoms with E-state index in [0.29, 0.717) is 12.1 Å². The van der Waals surface area contributed by atoms with Gasteiger partial charge in [-0.2, -0.15) is 0 Å². The number of aliphatic hydroxyl groups excluding tert-OH is 3. The molecule has 0 spiro atoms. The number of piperazine rings is 1. The first kappa shape index (κ1) is 20.7. The van der Waals surface area contributed by atoms with Crippen molar-refractivity contribution in [2.45, 2.75) is 12.5 Å². The van der Waals surface area contributed by atoms with E-state index in [1.165, 1.54) is 6.21 Å². The zero-order valence-corrected chi connectivity index (χ0v) is 16.1. The lowest BCUT2D eigenvalue weighted by Crippen LogP contribution is -2.47. The number of nitrogens with zero attached hydrogens (tertiary/aromatic N) is 3. The van der Waals surface area contributed by atoms with Gasteiger partial charge in [0, 0.05) is 51.9 Å². The topological polar surface area (TPSA) is 96.6 Å². The van der Waals surface area contributed by atoms with Gasteiger partial charge in [-0.3, -0.25) is 19.6 Å². The first-order valence-electron chi connectivity index (χ1n) is 9.85. The number of aliphatic hydroxyl groups is 3. The Bertz CT molecular complexity index is 712. The minimum Gasteiger partial charge on any atom is -0.511 e. The third-order valence-electron chi connectivity index (χ3n) is 5.50. The maximum atomic E-state index is 12.3. The summed E-state index contributed by atoms with van der Waals surface area (Å²) in [5.41, 5.74) is 0.901. The normalized spacial score (nSPS) is 23.1. The Hall–Kier alpha value is -2.06. The van der Waals surface area contributed by atoms with E-state index < -0.39 is 12.0 Å². The second-order valence-corrected chi connectivity index (χ2v) is 7.33. The summed E-state index contributed by atoms with van der Waals surface area (Å²) in [6.07, 6.45) is 0.638. The number of aliphatic imine (C=N–C) groups is 1. The molecule has 1 aliphatic heterocycles. The summed E-state index contributed by atoms with van der Waals surface area (Å²) in [7, 11) is 0. The predicted molar refractivity (Wildman–Crippen MR) is 107 cm³/mol. The molecular formula is C21H29N3O4. The quantitative estimate of drug-likeness (QED) is 0.571. The summed E-state index contributed by atoms with van der Waals surface area (Å²) in [5.74, 6) is -0.863. The fourth-order valence-corrected chi connectivity index (χ4v) is 3.76. The van der Waals surface area contributed by atoms with Crippen LogP contribution in [-0.4, -0.2) is 89.5 Å². The van der Waals surface area contributed by atoms with Gasteiger partial charge in [-0.25, -0.2) is 0 Å². The number of β-amino-alcohol motifs (C(OH)–C–C–N with tert-alkyl or cyclic N) is 1. The van der Waals surface area contributed by atoms with Crippen molar-refractivity contribution in [3.63, 3.8) is 0 Å². The van der Waals surface area contributed by atoms with Gasteiger partial charge >= 0.3 is 0 Å². The number of hydrogen-bond donors (Lipinski definition) is 3. The number of carbonyl (C=O) groups excluding carboxylic acids is 1. The van der Waals surface area contributed by atoms with Crippen LogP contribution in [0, 0.1) is 5.92 Å². The lowest BCUT2D eigenvalue weighted by atomic mass is 9.94. The van der Waals surface area contributed by atoms with Gasteiger partial charge in [0.2, 0.25) is 0 Å². The molecule has 0 saturated carbocycles. The van der Waals surface area contributed by atoms with Crippen LogP contribution in [0.3, 0.4) is 0 Å². The van der Waals surface area contributed by atoms with Crippen LogP contribution < -0.4 is 0 Å². The van der Waals surface area contributed by atoms with Crippen LogP contribution in [0.15, 0.2) is 46.7 Å². The molecule has 7 nitrogen and oxygen atoms in total. The molecule has 2 atom stereocenters. The molecule has 3 N–H and O–H groups in total. The molecule has 1 aromatic carbocycles. The van der Waals surface area contributed by atoms with Crippen molar-refractivity contribution in [3.05, 3.63) is 47.2 Å². The van der Waals surface area contributed by atoms with Crippen LogP contribution in [-0.2, 0) is 4.79 Å². The number of Topliss-reactive ketones (excluding diaryl/α,β-unsaturated/α-hetero) is 1. The number of ketones is 1. The third-order valence-corrected chi connectivity index (χ3v) is 5.50. The predicted octanol–water partition coefficient (Wildman–Crippen LogP) is 0.802. The van der Waals surface area contributed by atoms with E-state index >= 15 is 0 Å². The van der Waals surface area contributed by atoms with E-state index in [2.05, 4.69) is 14.8 Å². The van der Waals surface area contributed by atoms with E-state index in [1.54, 1.807) is 12.1 Å². The molecule has 7 heteroatoms. The van der Waals surface area contributed by atoms with Gasteiger partial charge in [0.15, 0.2) is 5.78 Å². The molecule has 152 valence electrons. The highest BCUT2D eigenvalue weighted by atomic mass is 16.3. The zero-order chi connectivity index (χ0) is 19.9. The number of rotatable bonds is 8. The van der Waals surface area contributed by atoms with Crippen molar-refractivity contribution in [1.82, 2.24) is 9.80 Å². The fraction of sp³-hybridized carbons (Fsp3) is 0.524. The highest BCUT2D eigenvalue weighted by Crippen LogP contribution is 2.36. The SMILES string of the molecule is O=C1CC(C(O)c2ccccc2)C(O)=C1C=NCCN1CCN(CCO)CC1. The monoisotopic (exact) mass is 387 g/mol. The Balaban J connectivity index is 1.52. The molecule has 0 bridgehead atoms. The molecule has 1 aromatic rings. The van der Waals surface area contributed by atoms with Gasteiger partial charge in [0.25, 0.3) is 0 Å². The van der Waals surface area contributed by atoms with E-state index in [4.69, 9.17) is 5.11 Å². The van der Waals surface area contributed by atoms with Gasteiger partial charge in [0.05, 0.1) is 30.7 Å². The lowest BCUT2D eigenvalue weighted by Gasteiger charge is -2.33. The molecule has 1 fully saturated rings. The van der Waals surface area contributed by atoms with Crippen molar-refractivity contribution in [2.24, 2.45) is 10.9 Å². The minimum atomic E-state index is -0.911. The molecule has 2 aliphatic rings. The van der Waals surface area contributed by atoms with Crippen molar-refractivity contribution in [3.8, 4) is 0 Å². The molecule has 0 amide bonds.